The molecule has 0 aliphatic heterocycles. The second-order valence-electron chi connectivity index (χ2n) is 4.72. The summed E-state index contributed by atoms with van der Waals surface area (Å²) in [5.41, 5.74) is 1.26. The van der Waals surface area contributed by atoms with Crippen molar-refractivity contribution in [3.8, 4) is 0 Å². The Bertz CT molecular complexity index is 342. The Kier molecular flexibility index (Phi) is 6.68. The van der Waals surface area contributed by atoms with Gasteiger partial charge in [-0.15, -0.1) is 0 Å². The molecule has 102 valence electrons. The number of aliphatic hydroxyl groups is 1. The first-order valence-electron chi connectivity index (χ1n) is 6.71. The predicted molar refractivity (Wildman–Crippen MR) is 75.6 cm³/mol. The predicted octanol–water partition coefficient (Wildman–Crippen LogP) is 2.11. The Morgan fingerprint density at radius 3 is 2.83 bits per heavy atom. The summed E-state index contributed by atoms with van der Waals surface area (Å²) >= 11 is 0. The van der Waals surface area contributed by atoms with E-state index >= 15 is 0 Å². The van der Waals surface area contributed by atoms with E-state index in [2.05, 4.69) is 48.1 Å². The first-order valence-corrected chi connectivity index (χ1v) is 6.71. The number of aromatic nitrogens is 1. The van der Waals surface area contributed by atoms with E-state index in [0.29, 0.717) is 6.04 Å². The molecule has 0 aliphatic carbocycles. The summed E-state index contributed by atoms with van der Waals surface area (Å²) in [5.74, 6) is 0.931. The van der Waals surface area contributed by atoms with Gasteiger partial charge in [-0.05, 0) is 44.9 Å². The van der Waals surface area contributed by atoms with Crippen LogP contribution in [0.2, 0.25) is 0 Å². The van der Waals surface area contributed by atoms with Crippen molar-refractivity contribution >= 4 is 5.82 Å². The molecular weight excluding hydrogens is 226 g/mol. The highest BCUT2D eigenvalue weighted by molar-refractivity contribution is 5.37. The third-order valence-electron chi connectivity index (χ3n) is 2.90. The van der Waals surface area contributed by atoms with Crippen molar-refractivity contribution in [1.82, 2.24) is 9.88 Å². The molecule has 1 aromatic rings. The van der Waals surface area contributed by atoms with Crippen molar-refractivity contribution in [2.45, 2.75) is 39.8 Å². The van der Waals surface area contributed by atoms with Crippen molar-refractivity contribution in [3.05, 3.63) is 23.9 Å². The average molecular weight is 251 g/mol. The van der Waals surface area contributed by atoms with Crippen LogP contribution in [0.3, 0.4) is 0 Å². The molecule has 0 radical (unpaired) electrons. The van der Waals surface area contributed by atoms with E-state index in [-0.39, 0.29) is 6.61 Å². The number of pyridine rings is 1. The van der Waals surface area contributed by atoms with E-state index in [1.165, 1.54) is 5.56 Å². The van der Waals surface area contributed by atoms with Gasteiger partial charge in [-0.1, -0.05) is 0 Å². The van der Waals surface area contributed by atoms with Gasteiger partial charge in [0, 0.05) is 38.5 Å². The van der Waals surface area contributed by atoms with E-state index in [9.17, 15) is 0 Å². The fourth-order valence-electron chi connectivity index (χ4n) is 1.88. The first kappa shape index (κ1) is 14.9. The van der Waals surface area contributed by atoms with Crippen LogP contribution in [0.15, 0.2) is 18.3 Å². The zero-order chi connectivity index (χ0) is 13.4. The molecule has 4 heteroatoms. The maximum atomic E-state index is 8.93. The minimum absolute atomic E-state index is 0.252. The molecule has 0 bridgehead atoms. The van der Waals surface area contributed by atoms with Crippen LogP contribution in [-0.4, -0.2) is 40.7 Å². The molecule has 0 saturated heterocycles. The van der Waals surface area contributed by atoms with Gasteiger partial charge in [-0.3, -0.25) is 4.90 Å². The van der Waals surface area contributed by atoms with Crippen LogP contribution in [0.4, 0.5) is 5.82 Å². The van der Waals surface area contributed by atoms with E-state index in [0.717, 1.165) is 31.9 Å². The summed E-state index contributed by atoms with van der Waals surface area (Å²) in [5, 5.41) is 12.2. The lowest BCUT2D eigenvalue weighted by Crippen LogP contribution is -2.31. The molecule has 0 atom stereocenters. The SMILES string of the molecule is CCNc1cc(CN(CCCO)C(C)C)ccn1. The maximum absolute atomic E-state index is 8.93. The van der Waals surface area contributed by atoms with Gasteiger partial charge in [-0.2, -0.15) is 0 Å². The van der Waals surface area contributed by atoms with Crippen LogP contribution >= 0.6 is 0 Å². The molecule has 0 amide bonds. The molecule has 0 saturated carbocycles. The Balaban J connectivity index is 2.64. The van der Waals surface area contributed by atoms with Crippen LogP contribution < -0.4 is 5.32 Å². The number of nitrogens with zero attached hydrogens (tertiary/aromatic N) is 2. The molecule has 2 N–H and O–H groups in total. The van der Waals surface area contributed by atoms with Gasteiger partial charge in [0.05, 0.1) is 0 Å². The van der Waals surface area contributed by atoms with Gasteiger partial charge in [0.15, 0.2) is 0 Å². The molecule has 0 unspecified atom stereocenters. The van der Waals surface area contributed by atoms with Crippen LogP contribution in [0.1, 0.15) is 32.8 Å². The number of nitrogens with one attached hydrogen (secondary N) is 1. The van der Waals surface area contributed by atoms with Crippen molar-refractivity contribution in [2.75, 3.05) is 25.0 Å². The molecule has 4 nitrogen and oxygen atoms in total. The third-order valence-corrected chi connectivity index (χ3v) is 2.90. The molecular formula is C14H25N3O. The normalized spacial score (nSPS) is 11.2. The highest BCUT2D eigenvalue weighted by Gasteiger charge is 2.10. The molecule has 18 heavy (non-hydrogen) atoms. The number of hydrogen-bond acceptors (Lipinski definition) is 4. The molecule has 0 aromatic carbocycles. The van der Waals surface area contributed by atoms with E-state index in [1.54, 1.807) is 0 Å². The number of hydrogen-bond donors (Lipinski definition) is 2. The summed E-state index contributed by atoms with van der Waals surface area (Å²) in [4.78, 5) is 6.64. The van der Waals surface area contributed by atoms with Gasteiger partial charge < -0.3 is 10.4 Å². The van der Waals surface area contributed by atoms with Crippen molar-refractivity contribution in [2.24, 2.45) is 0 Å². The van der Waals surface area contributed by atoms with Crippen molar-refractivity contribution in [3.63, 3.8) is 0 Å². The second kappa shape index (κ2) is 8.06. The Hall–Kier alpha value is -1.13. The van der Waals surface area contributed by atoms with Crippen molar-refractivity contribution in [1.29, 1.82) is 0 Å². The number of rotatable bonds is 8. The third kappa shape index (κ3) is 5.02. The highest BCUT2D eigenvalue weighted by atomic mass is 16.3. The Labute approximate surface area is 110 Å². The Morgan fingerprint density at radius 2 is 2.22 bits per heavy atom. The van der Waals surface area contributed by atoms with Gasteiger partial charge in [0.2, 0.25) is 0 Å². The van der Waals surface area contributed by atoms with Crippen LogP contribution in [-0.2, 0) is 6.54 Å². The fourth-order valence-corrected chi connectivity index (χ4v) is 1.88. The zero-order valence-corrected chi connectivity index (χ0v) is 11.7. The lowest BCUT2D eigenvalue weighted by molar-refractivity contribution is 0.185. The summed E-state index contributed by atoms with van der Waals surface area (Å²) in [6.07, 6.45) is 2.67. The largest absolute Gasteiger partial charge is 0.396 e. The molecule has 1 aromatic heterocycles. The summed E-state index contributed by atoms with van der Waals surface area (Å²) in [6, 6.07) is 4.62. The summed E-state index contributed by atoms with van der Waals surface area (Å²) < 4.78 is 0. The average Bonchev–Trinajstić information content (AvgIpc) is 2.35. The van der Waals surface area contributed by atoms with Crippen molar-refractivity contribution < 1.29 is 5.11 Å². The molecule has 1 rings (SSSR count). The van der Waals surface area contributed by atoms with E-state index in [4.69, 9.17) is 5.11 Å². The minimum Gasteiger partial charge on any atom is -0.396 e. The summed E-state index contributed by atoms with van der Waals surface area (Å²) in [6.45, 7) is 9.40. The van der Waals surface area contributed by atoms with E-state index in [1.807, 2.05) is 6.20 Å². The summed E-state index contributed by atoms with van der Waals surface area (Å²) in [7, 11) is 0. The molecule has 0 spiro atoms. The topological polar surface area (TPSA) is 48.4 Å². The van der Waals surface area contributed by atoms with Gasteiger partial charge in [0.25, 0.3) is 0 Å². The quantitative estimate of drug-likeness (QED) is 0.743. The highest BCUT2D eigenvalue weighted by Crippen LogP contribution is 2.12. The van der Waals surface area contributed by atoms with Crippen LogP contribution in [0.25, 0.3) is 0 Å². The number of aliphatic hydroxyl groups excluding tert-OH is 1. The van der Waals surface area contributed by atoms with Gasteiger partial charge in [0.1, 0.15) is 5.82 Å². The smallest absolute Gasteiger partial charge is 0.126 e. The lowest BCUT2D eigenvalue weighted by atomic mass is 10.2. The zero-order valence-electron chi connectivity index (χ0n) is 11.7. The number of anilines is 1. The van der Waals surface area contributed by atoms with Crippen LogP contribution in [0.5, 0.6) is 0 Å². The second-order valence-corrected chi connectivity index (χ2v) is 4.72. The lowest BCUT2D eigenvalue weighted by Gasteiger charge is -2.26. The first-order chi connectivity index (χ1) is 8.67. The van der Waals surface area contributed by atoms with Gasteiger partial charge >= 0.3 is 0 Å². The molecule has 1 heterocycles. The van der Waals surface area contributed by atoms with E-state index < -0.39 is 0 Å². The Morgan fingerprint density at radius 1 is 1.44 bits per heavy atom. The standard InChI is InChI=1S/C14H25N3O/c1-4-15-14-10-13(6-7-16-14)11-17(12(2)3)8-5-9-18/h6-7,10,12,18H,4-5,8-9,11H2,1-3H3,(H,15,16). The van der Waals surface area contributed by atoms with Gasteiger partial charge in [-0.25, -0.2) is 4.98 Å². The fraction of sp³-hybridized carbons (Fsp3) is 0.643. The monoisotopic (exact) mass is 251 g/mol. The minimum atomic E-state index is 0.252. The maximum Gasteiger partial charge on any atom is 0.126 e. The van der Waals surface area contributed by atoms with Crippen LogP contribution in [0, 0.1) is 0 Å². The molecule has 0 fully saturated rings. The molecule has 0 aliphatic rings.